The first-order chi connectivity index (χ1) is 12.8. The van der Waals surface area contributed by atoms with E-state index in [1.165, 1.54) is 10.9 Å². The smallest absolute Gasteiger partial charge is 0.258 e. The van der Waals surface area contributed by atoms with Crippen LogP contribution in [0.4, 0.5) is 5.69 Å². The largest absolute Gasteiger partial charge is 0.356 e. The lowest BCUT2D eigenvalue weighted by Gasteiger charge is -2.34. The van der Waals surface area contributed by atoms with Crippen molar-refractivity contribution in [1.82, 2.24) is 10.3 Å². The molecule has 3 aromatic rings. The molecule has 3 heterocycles. The third-order valence-corrected chi connectivity index (χ3v) is 5.85. The quantitative estimate of drug-likeness (QED) is 0.760. The standard InChI is InChI=1S/C22H23N3O/c1-2-3-14-25-19-11-7-5-9-17(19)22(21(25)26)20-16(12-13-23-22)15-8-4-6-10-18(15)24-20/h4-11,23-24H,2-3,12-14H2,1H3/t22-/m0/s1. The van der Waals surface area contributed by atoms with E-state index in [0.717, 1.165) is 54.8 Å². The van der Waals surface area contributed by atoms with Crippen molar-refractivity contribution in [2.45, 2.75) is 31.7 Å². The van der Waals surface area contributed by atoms with Gasteiger partial charge >= 0.3 is 0 Å². The number of aromatic amines is 1. The SMILES string of the molecule is CCCCN1C(=O)[C@]2(NCCc3c2[nH]c2ccccc32)c2ccccc21. The molecule has 4 heteroatoms. The number of amides is 1. The predicted octanol–water partition coefficient (Wildman–Crippen LogP) is 3.70. The van der Waals surface area contributed by atoms with E-state index in [9.17, 15) is 4.79 Å². The number of hydrogen-bond acceptors (Lipinski definition) is 2. The lowest BCUT2D eigenvalue weighted by Crippen LogP contribution is -2.55. The monoisotopic (exact) mass is 345 g/mol. The van der Waals surface area contributed by atoms with Crippen LogP contribution in [0.3, 0.4) is 0 Å². The van der Waals surface area contributed by atoms with Crippen LogP contribution < -0.4 is 10.2 Å². The van der Waals surface area contributed by atoms with Gasteiger partial charge in [-0.15, -0.1) is 0 Å². The van der Waals surface area contributed by atoms with Crippen LogP contribution in [0.5, 0.6) is 0 Å². The molecule has 1 aromatic heterocycles. The second-order valence-corrected chi connectivity index (χ2v) is 7.28. The summed E-state index contributed by atoms with van der Waals surface area (Å²) in [5.74, 6) is 0.152. The highest BCUT2D eigenvalue weighted by Gasteiger charge is 2.54. The summed E-state index contributed by atoms with van der Waals surface area (Å²) in [7, 11) is 0. The first-order valence-electron chi connectivity index (χ1n) is 9.54. The maximum absolute atomic E-state index is 13.7. The zero-order valence-corrected chi connectivity index (χ0v) is 15.0. The molecule has 0 saturated heterocycles. The van der Waals surface area contributed by atoms with Crippen molar-refractivity contribution < 1.29 is 4.79 Å². The molecule has 0 bridgehead atoms. The van der Waals surface area contributed by atoms with Gasteiger partial charge in [0.05, 0.1) is 5.69 Å². The predicted molar refractivity (Wildman–Crippen MR) is 104 cm³/mol. The summed E-state index contributed by atoms with van der Waals surface area (Å²) in [5.41, 5.74) is 4.76. The van der Waals surface area contributed by atoms with Gasteiger partial charge in [-0.1, -0.05) is 49.7 Å². The number of benzene rings is 2. The van der Waals surface area contributed by atoms with E-state index in [1.54, 1.807) is 0 Å². The minimum atomic E-state index is -0.781. The number of fused-ring (bicyclic) bond motifs is 6. The van der Waals surface area contributed by atoms with Gasteiger partial charge in [-0.2, -0.15) is 0 Å². The Kier molecular flexibility index (Phi) is 3.44. The lowest BCUT2D eigenvalue weighted by atomic mass is 9.82. The molecule has 1 amide bonds. The molecule has 2 aliphatic rings. The highest BCUT2D eigenvalue weighted by Crippen LogP contribution is 2.47. The Morgan fingerprint density at radius 2 is 1.92 bits per heavy atom. The second-order valence-electron chi connectivity index (χ2n) is 7.28. The molecule has 2 N–H and O–H groups in total. The van der Waals surface area contributed by atoms with Gasteiger partial charge in [-0.05, 0) is 30.5 Å². The van der Waals surface area contributed by atoms with Gasteiger partial charge < -0.3 is 9.88 Å². The number of para-hydroxylation sites is 2. The normalized spacial score (nSPS) is 21.4. The van der Waals surface area contributed by atoms with Crippen LogP contribution in [0.25, 0.3) is 10.9 Å². The number of nitrogens with one attached hydrogen (secondary N) is 2. The number of aromatic nitrogens is 1. The molecule has 1 spiro atoms. The fraction of sp³-hybridized carbons (Fsp3) is 0.318. The Morgan fingerprint density at radius 1 is 1.12 bits per heavy atom. The summed E-state index contributed by atoms with van der Waals surface area (Å²) in [6, 6.07) is 16.6. The zero-order valence-electron chi connectivity index (χ0n) is 15.0. The van der Waals surface area contributed by atoms with E-state index in [2.05, 4.69) is 47.6 Å². The van der Waals surface area contributed by atoms with Crippen molar-refractivity contribution in [3.63, 3.8) is 0 Å². The van der Waals surface area contributed by atoms with E-state index in [-0.39, 0.29) is 5.91 Å². The molecule has 26 heavy (non-hydrogen) atoms. The highest BCUT2D eigenvalue weighted by atomic mass is 16.2. The van der Waals surface area contributed by atoms with Crippen molar-refractivity contribution in [2.24, 2.45) is 0 Å². The molecule has 5 rings (SSSR count). The zero-order chi connectivity index (χ0) is 17.7. The minimum absolute atomic E-state index is 0.152. The van der Waals surface area contributed by atoms with Gasteiger partial charge in [0.1, 0.15) is 0 Å². The molecule has 132 valence electrons. The third kappa shape index (κ3) is 1.91. The van der Waals surface area contributed by atoms with Crippen molar-refractivity contribution in [3.05, 3.63) is 65.4 Å². The van der Waals surface area contributed by atoms with Crippen LogP contribution in [-0.4, -0.2) is 24.0 Å². The van der Waals surface area contributed by atoms with Crippen LogP contribution in [-0.2, 0) is 16.8 Å². The van der Waals surface area contributed by atoms with E-state index >= 15 is 0 Å². The van der Waals surface area contributed by atoms with Crippen LogP contribution in [0, 0.1) is 0 Å². The summed E-state index contributed by atoms with van der Waals surface area (Å²) < 4.78 is 0. The molecule has 0 unspecified atom stereocenters. The molecule has 1 atom stereocenters. The summed E-state index contributed by atoms with van der Waals surface area (Å²) in [6.45, 7) is 3.73. The van der Waals surface area contributed by atoms with Gasteiger partial charge in [0, 0.05) is 35.2 Å². The number of hydrogen-bond donors (Lipinski definition) is 2. The van der Waals surface area contributed by atoms with Crippen molar-refractivity contribution in [3.8, 4) is 0 Å². The fourth-order valence-electron chi connectivity index (χ4n) is 4.65. The first-order valence-corrected chi connectivity index (χ1v) is 9.54. The Bertz CT molecular complexity index is 1010. The number of nitrogens with zero attached hydrogens (tertiary/aromatic N) is 1. The number of unbranched alkanes of at least 4 members (excludes halogenated alkanes) is 1. The van der Waals surface area contributed by atoms with Crippen molar-refractivity contribution in [2.75, 3.05) is 18.0 Å². The van der Waals surface area contributed by atoms with E-state index in [1.807, 2.05) is 23.1 Å². The number of carbonyl (C=O) groups excluding carboxylic acids is 1. The van der Waals surface area contributed by atoms with Crippen molar-refractivity contribution in [1.29, 1.82) is 0 Å². The number of H-pyrrole nitrogens is 1. The Balaban J connectivity index is 1.76. The molecular weight excluding hydrogens is 322 g/mol. The molecule has 4 nitrogen and oxygen atoms in total. The third-order valence-electron chi connectivity index (χ3n) is 5.85. The van der Waals surface area contributed by atoms with E-state index in [4.69, 9.17) is 0 Å². The van der Waals surface area contributed by atoms with Crippen LogP contribution >= 0.6 is 0 Å². The maximum atomic E-state index is 13.7. The molecular formula is C22H23N3O. The van der Waals surface area contributed by atoms with Crippen LogP contribution in [0.1, 0.15) is 36.6 Å². The maximum Gasteiger partial charge on any atom is 0.258 e. The molecule has 0 radical (unpaired) electrons. The Hall–Kier alpha value is -2.59. The number of anilines is 1. The molecule has 0 saturated carbocycles. The minimum Gasteiger partial charge on any atom is -0.356 e. The average molecular weight is 345 g/mol. The summed E-state index contributed by atoms with van der Waals surface area (Å²) in [4.78, 5) is 19.3. The lowest BCUT2D eigenvalue weighted by molar-refractivity contribution is -0.123. The van der Waals surface area contributed by atoms with E-state index in [0.29, 0.717) is 0 Å². The number of carbonyl (C=O) groups is 1. The summed E-state index contributed by atoms with van der Waals surface area (Å²) in [5, 5.41) is 4.84. The van der Waals surface area contributed by atoms with E-state index < -0.39 is 5.54 Å². The second kappa shape index (κ2) is 5.71. The Labute approximate surface area is 153 Å². The highest BCUT2D eigenvalue weighted by molar-refractivity contribution is 6.11. The van der Waals surface area contributed by atoms with Gasteiger partial charge in [0.2, 0.25) is 0 Å². The summed E-state index contributed by atoms with van der Waals surface area (Å²) in [6.07, 6.45) is 3.02. The van der Waals surface area contributed by atoms with Gasteiger partial charge in [-0.3, -0.25) is 10.1 Å². The molecule has 2 aromatic carbocycles. The molecule has 0 aliphatic carbocycles. The molecule has 0 fully saturated rings. The van der Waals surface area contributed by atoms with Crippen LogP contribution in [0.2, 0.25) is 0 Å². The van der Waals surface area contributed by atoms with Gasteiger partial charge in [0.25, 0.3) is 5.91 Å². The van der Waals surface area contributed by atoms with Gasteiger partial charge in [0.15, 0.2) is 5.54 Å². The van der Waals surface area contributed by atoms with Crippen LogP contribution in [0.15, 0.2) is 48.5 Å². The molecule has 2 aliphatic heterocycles. The number of rotatable bonds is 3. The topological polar surface area (TPSA) is 48.1 Å². The summed E-state index contributed by atoms with van der Waals surface area (Å²) >= 11 is 0. The van der Waals surface area contributed by atoms with Gasteiger partial charge in [-0.25, -0.2) is 0 Å². The first kappa shape index (κ1) is 15.6. The average Bonchev–Trinajstić information content (AvgIpc) is 3.17. The van der Waals surface area contributed by atoms with Crippen molar-refractivity contribution >= 4 is 22.5 Å². The fourth-order valence-corrected chi connectivity index (χ4v) is 4.65. The Morgan fingerprint density at radius 3 is 2.81 bits per heavy atom.